The first-order valence-electron chi connectivity index (χ1n) is 10.1. The van der Waals surface area contributed by atoms with Gasteiger partial charge in [-0.15, -0.1) is 0 Å². The highest BCUT2D eigenvalue weighted by molar-refractivity contribution is 5.69. The molecule has 1 amide bonds. The summed E-state index contributed by atoms with van der Waals surface area (Å²) in [6, 6.07) is 5.14. The Balaban J connectivity index is 1.80. The Morgan fingerprint density at radius 1 is 1.23 bits per heavy atom. The van der Waals surface area contributed by atoms with Crippen molar-refractivity contribution in [3.63, 3.8) is 0 Å². The van der Waals surface area contributed by atoms with E-state index in [0.29, 0.717) is 24.5 Å². The molecule has 3 rings (SSSR count). The summed E-state index contributed by atoms with van der Waals surface area (Å²) >= 11 is 0. The van der Waals surface area contributed by atoms with Gasteiger partial charge in [-0.1, -0.05) is 6.07 Å². The van der Waals surface area contributed by atoms with Crippen molar-refractivity contribution in [1.82, 2.24) is 19.7 Å². The van der Waals surface area contributed by atoms with Crippen LogP contribution in [0.4, 0.5) is 18.0 Å². The third-order valence-electron chi connectivity index (χ3n) is 4.77. The molecule has 3 heterocycles. The molecule has 2 aromatic rings. The molecule has 1 unspecified atom stereocenters. The molecule has 1 atom stereocenters. The number of aromatic nitrogens is 3. The van der Waals surface area contributed by atoms with Crippen LogP contribution >= 0.6 is 0 Å². The van der Waals surface area contributed by atoms with E-state index < -0.39 is 24.8 Å². The number of aryl methyl sites for hydroxylation is 1. The number of hydrogen-bond acceptors (Lipinski definition) is 5. The Kier molecular flexibility index (Phi) is 6.47. The molecule has 1 saturated heterocycles. The molecule has 1 fully saturated rings. The van der Waals surface area contributed by atoms with Gasteiger partial charge >= 0.3 is 12.3 Å². The average molecular weight is 440 g/mol. The summed E-state index contributed by atoms with van der Waals surface area (Å²) < 4.78 is 49.6. The number of rotatable bonds is 5. The topological polar surface area (TPSA) is 69.5 Å². The predicted octanol–water partition coefficient (Wildman–Crippen LogP) is 4.54. The highest BCUT2D eigenvalue weighted by Crippen LogP contribution is 2.35. The number of amides is 1. The van der Waals surface area contributed by atoms with Crippen LogP contribution in [-0.4, -0.2) is 57.2 Å². The van der Waals surface area contributed by atoms with Crippen LogP contribution in [0, 0.1) is 0 Å². The molecule has 0 aliphatic carbocycles. The summed E-state index contributed by atoms with van der Waals surface area (Å²) in [5, 5.41) is 4.39. The highest BCUT2D eigenvalue weighted by atomic mass is 19.4. The van der Waals surface area contributed by atoms with E-state index in [-0.39, 0.29) is 17.9 Å². The van der Waals surface area contributed by atoms with Gasteiger partial charge in [0.15, 0.2) is 0 Å². The second kappa shape index (κ2) is 8.76. The summed E-state index contributed by atoms with van der Waals surface area (Å²) in [5.74, 6) is 0.108. The number of ether oxygens (including phenoxy) is 2. The van der Waals surface area contributed by atoms with Gasteiger partial charge in [-0.2, -0.15) is 18.3 Å². The van der Waals surface area contributed by atoms with Crippen LogP contribution in [0.15, 0.2) is 24.4 Å². The monoisotopic (exact) mass is 440 g/mol. The average Bonchev–Trinajstić information content (AvgIpc) is 3.28. The second-order valence-corrected chi connectivity index (χ2v) is 8.59. The first-order valence-corrected chi connectivity index (χ1v) is 10.1. The summed E-state index contributed by atoms with van der Waals surface area (Å²) in [6.45, 7) is 5.96. The molecule has 10 heteroatoms. The Morgan fingerprint density at radius 3 is 2.58 bits per heavy atom. The molecule has 31 heavy (non-hydrogen) atoms. The Bertz CT molecular complexity index is 921. The summed E-state index contributed by atoms with van der Waals surface area (Å²) in [6.07, 6.45) is -3.23. The molecule has 1 aliphatic rings. The van der Waals surface area contributed by atoms with Gasteiger partial charge in [0, 0.05) is 38.3 Å². The zero-order valence-corrected chi connectivity index (χ0v) is 18.1. The lowest BCUT2D eigenvalue weighted by molar-refractivity contribution is -0.139. The first-order chi connectivity index (χ1) is 14.4. The molecule has 0 N–H and O–H groups in total. The number of likely N-dealkylation sites (tertiary alicyclic amines) is 1. The lowest BCUT2D eigenvalue weighted by Gasteiger charge is -2.24. The minimum absolute atomic E-state index is 0.00116. The standard InChI is InChI=1S/C21H27F3N4O3/c1-20(2,3)31-19(29)28-11-7-14(13-28)15-5-6-17(30-12-9-21(22,23)24)25-18(15)16-8-10-27(4)26-16/h5-6,8,10,14H,7,9,11-13H2,1-4H3. The lowest BCUT2D eigenvalue weighted by Crippen LogP contribution is -2.35. The molecule has 0 bridgehead atoms. The van der Waals surface area contributed by atoms with Crippen LogP contribution in [-0.2, 0) is 11.8 Å². The van der Waals surface area contributed by atoms with Crippen molar-refractivity contribution in [2.75, 3.05) is 19.7 Å². The summed E-state index contributed by atoms with van der Waals surface area (Å²) in [5.41, 5.74) is 1.43. The zero-order valence-electron chi connectivity index (χ0n) is 18.1. The molecule has 7 nitrogen and oxygen atoms in total. The maximum absolute atomic E-state index is 12.4. The van der Waals surface area contributed by atoms with Gasteiger partial charge in [-0.25, -0.2) is 9.78 Å². The van der Waals surface area contributed by atoms with Crippen molar-refractivity contribution in [3.8, 4) is 17.3 Å². The molecule has 170 valence electrons. The molecule has 2 aromatic heterocycles. The van der Waals surface area contributed by atoms with Crippen LogP contribution < -0.4 is 4.74 Å². The van der Waals surface area contributed by atoms with Crippen LogP contribution in [0.1, 0.15) is 45.1 Å². The van der Waals surface area contributed by atoms with E-state index in [1.165, 1.54) is 0 Å². The minimum Gasteiger partial charge on any atom is -0.477 e. The van der Waals surface area contributed by atoms with Gasteiger partial charge in [0.2, 0.25) is 5.88 Å². The fourth-order valence-corrected chi connectivity index (χ4v) is 3.39. The van der Waals surface area contributed by atoms with Gasteiger partial charge in [-0.3, -0.25) is 4.68 Å². The molecule has 0 aromatic carbocycles. The van der Waals surface area contributed by atoms with Crippen molar-refractivity contribution in [1.29, 1.82) is 0 Å². The van der Waals surface area contributed by atoms with E-state index in [1.54, 1.807) is 41.0 Å². The van der Waals surface area contributed by atoms with Gasteiger partial charge < -0.3 is 14.4 Å². The normalized spacial score (nSPS) is 17.1. The van der Waals surface area contributed by atoms with E-state index >= 15 is 0 Å². The number of carbonyl (C=O) groups excluding carboxylic acids is 1. The fourth-order valence-electron chi connectivity index (χ4n) is 3.39. The molecular weight excluding hydrogens is 413 g/mol. The van der Waals surface area contributed by atoms with Crippen LogP contribution in [0.2, 0.25) is 0 Å². The Morgan fingerprint density at radius 2 is 1.97 bits per heavy atom. The number of pyridine rings is 1. The number of alkyl halides is 3. The summed E-state index contributed by atoms with van der Waals surface area (Å²) in [4.78, 5) is 18.5. The first kappa shape index (κ1) is 22.9. The van der Waals surface area contributed by atoms with E-state index in [1.807, 2.05) is 20.8 Å². The molecule has 0 spiro atoms. The fraction of sp³-hybridized carbons (Fsp3) is 0.571. The third-order valence-corrected chi connectivity index (χ3v) is 4.77. The van der Waals surface area contributed by atoms with Gasteiger partial charge in [0.25, 0.3) is 0 Å². The smallest absolute Gasteiger partial charge is 0.410 e. The SMILES string of the molecule is Cn1ccc(-c2nc(OCCC(F)(F)F)ccc2C2CCN(C(=O)OC(C)(C)C)C2)n1. The van der Waals surface area contributed by atoms with Crippen molar-refractivity contribution >= 4 is 6.09 Å². The van der Waals surface area contributed by atoms with Crippen LogP contribution in [0.25, 0.3) is 11.4 Å². The Labute approximate surface area is 179 Å². The van der Waals surface area contributed by atoms with Gasteiger partial charge in [0.05, 0.1) is 18.7 Å². The van der Waals surface area contributed by atoms with E-state index in [9.17, 15) is 18.0 Å². The molecular formula is C21H27F3N4O3. The number of nitrogens with zero attached hydrogens (tertiary/aromatic N) is 4. The number of hydrogen-bond donors (Lipinski definition) is 0. The van der Waals surface area contributed by atoms with Crippen molar-refractivity contribution in [2.45, 2.75) is 51.3 Å². The van der Waals surface area contributed by atoms with Crippen LogP contribution in [0.5, 0.6) is 5.88 Å². The maximum atomic E-state index is 12.4. The largest absolute Gasteiger partial charge is 0.477 e. The number of carbonyl (C=O) groups is 1. The van der Waals surface area contributed by atoms with Gasteiger partial charge in [-0.05, 0) is 38.8 Å². The summed E-state index contributed by atoms with van der Waals surface area (Å²) in [7, 11) is 1.77. The van der Waals surface area contributed by atoms with Crippen molar-refractivity contribution in [3.05, 3.63) is 30.0 Å². The van der Waals surface area contributed by atoms with E-state index in [0.717, 1.165) is 12.0 Å². The van der Waals surface area contributed by atoms with Crippen molar-refractivity contribution in [2.24, 2.45) is 7.05 Å². The van der Waals surface area contributed by atoms with Crippen LogP contribution in [0.3, 0.4) is 0 Å². The third kappa shape index (κ3) is 6.35. The lowest BCUT2D eigenvalue weighted by atomic mass is 9.95. The number of halogens is 3. The minimum atomic E-state index is -4.29. The van der Waals surface area contributed by atoms with Gasteiger partial charge in [0.1, 0.15) is 11.3 Å². The second-order valence-electron chi connectivity index (χ2n) is 8.59. The zero-order chi connectivity index (χ0) is 22.8. The van der Waals surface area contributed by atoms with E-state index in [4.69, 9.17) is 9.47 Å². The molecule has 1 aliphatic heterocycles. The quantitative estimate of drug-likeness (QED) is 0.683. The Hall–Kier alpha value is -2.78. The molecule has 0 saturated carbocycles. The predicted molar refractivity (Wildman–Crippen MR) is 108 cm³/mol. The van der Waals surface area contributed by atoms with Crippen molar-refractivity contribution < 1.29 is 27.4 Å². The maximum Gasteiger partial charge on any atom is 0.410 e. The molecule has 0 radical (unpaired) electrons. The highest BCUT2D eigenvalue weighted by Gasteiger charge is 2.33. The van der Waals surface area contributed by atoms with E-state index in [2.05, 4.69) is 10.1 Å².